The van der Waals surface area contributed by atoms with Crippen LogP contribution in [0.25, 0.3) is 0 Å². The average Bonchev–Trinajstić information content (AvgIpc) is 2.53. The molecule has 0 aliphatic heterocycles. The molecule has 132 valence electrons. The third kappa shape index (κ3) is 15.9. The standard InChI is InChI=1S/C21H42O/c1-4-7-10-12-14-16-18-21(22-20-9-6-3)19-17-15-13-11-8-5-2/h9,20-21H,4-8,10-19H2,1-3H3. The molecule has 0 heterocycles. The van der Waals surface area contributed by atoms with Gasteiger partial charge in [0.1, 0.15) is 0 Å². The van der Waals surface area contributed by atoms with E-state index in [1.165, 1.54) is 89.9 Å². The van der Waals surface area contributed by atoms with Crippen LogP contribution in [0.3, 0.4) is 0 Å². The van der Waals surface area contributed by atoms with Crippen molar-refractivity contribution in [3.05, 3.63) is 12.3 Å². The molecule has 0 aromatic carbocycles. The van der Waals surface area contributed by atoms with Crippen LogP contribution in [0.1, 0.15) is 117 Å². The minimum absolute atomic E-state index is 0.458. The van der Waals surface area contributed by atoms with Crippen LogP contribution in [0.4, 0.5) is 0 Å². The second-order valence-electron chi connectivity index (χ2n) is 6.65. The summed E-state index contributed by atoms with van der Waals surface area (Å²) in [4.78, 5) is 0. The first-order valence-corrected chi connectivity index (χ1v) is 10.2. The molecule has 22 heavy (non-hydrogen) atoms. The third-order valence-corrected chi connectivity index (χ3v) is 4.36. The summed E-state index contributed by atoms with van der Waals surface area (Å²) in [7, 11) is 0. The Balaban J connectivity index is 3.72. The van der Waals surface area contributed by atoms with E-state index < -0.39 is 0 Å². The van der Waals surface area contributed by atoms with E-state index in [2.05, 4.69) is 26.8 Å². The van der Waals surface area contributed by atoms with E-state index in [0.29, 0.717) is 6.10 Å². The molecule has 0 saturated carbocycles. The first-order chi connectivity index (χ1) is 10.8. The molecule has 0 amide bonds. The van der Waals surface area contributed by atoms with Crippen molar-refractivity contribution in [1.82, 2.24) is 0 Å². The van der Waals surface area contributed by atoms with E-state index in [0.717, 1.165) is 6.42 Å². The summed E-state index contributed by atoms with van der Waals surface area (Å²) < 4.78 is 5.96. The van der Waals surface area contributed by atoms with Gasteiger partial charge in [0.05, 0.1) is 12.4 Å². The summed E-state index contributed by atoms with van der Waals surface area (Å²) >= 11 is 0. The second kappa shape index (κ2) is 18.6. The quantitative estimate of drug-likeness (QED) is 0.197. The maximum atomic E-state index is 5.96. The van der Waals surface area contributed by atoms with Gasteiger partial charge >= 0.3 is 0 Å². The molecule has 0 atom stereocenters. The monoisotopic (exact) mass is 310 g/mol. The average molecular weight is 311 g/mol. The first kappa shape index (κ1) is 21.5. The fourth-order valence-corrected chi connectivity index (χ4v) is 2.85. The van der Waals surface area contributed by atoms with Gasteiger partial charge in [-0.3, -0.25) is 0 Å². The van der Waals surface area contributed by atoms with Crippen LogP contribution < -0.4 is 0 Å². The Bertz CT molecular complexity index is 206. The summed E-state index contributed by atoms with van der Waals surface area (Å²) in [5.41, 5.74) is 0. The Morgan fingerprint density at radius 1 is 0.636 bits per heavy atom. The van der Waals surface area contributed by atoms with Gasteiger partial charge in [-0.2, -0.15) is 0 Å². The van der Waals surface area contributed by atoms with Crippen LogP contribution in [0.5, 0.6) is 0 Å². The molecule has 0 aliphatic carbocycles. The van der Waals surface area contributed by atoms with E-state index in [9.17, 15) is 0 Å². The van der Waals surface area contributed by atoms with Crippen LogP contribution in [0, 0.1) is 0 Å². The van der Waals surface area contributed by atoms with Gasteiger partial charge in [0, 0.05) is 0 Å². The Labute approximate surface area is 140 Å². The molecule has 0 rings (SSSR count). The minimum atomic E-state index is 0.458. The van der Waals surface area contributed by atoms with E-state index >= 15 is 0 Å². The summed E-state index contributed by atoms with van der Waals surface area (Å²) in [5.74, 6) is 0. The Morgan fingerprint density at radius 3 is 1.55 bits per heavy atom. The van der Waals surface area contributed by atoms with Crippen LogP contribution in [-0.4, -0.2) is 6.10 Å². The third-order valence-electron chi connectivity index (χ3n) is 4.36. The largest absolute Gasteiger partial charge is 0.498 e. The maximum Gasteiger partial charge on any atom is 0.0978 e. The molecule has 1 nitrogen and oxygen atoms in total. The summed E-state index contributed by atoms with van der Waals surface area (Å²) in [6, 6.07) is 0. The lowest BCUT2D eigenvalue weighted by Gasteiger charge is -2.16. The zero-order valence-corrected chi connectivity index (χ0v) is 15.7. The Hall–Kier alpha value is -0.460. The Morgan fingerprint density at radius 2 is 1.09 bits per heavy atom. The molecule has 0 spiro atoms. The predicted octanol–water partition coefficient (Wildman–Crippen LogP) is 7.80. The predicted molar refractivity (Wildman–Crippen MR) is 100 cm³/mol. The summed E-state index contributed by atoms with van der Waals surface area (Å²) in [6.07, 6.45) is 24.6. The summed E-state index contributed by atoms with van der Waals surface area (Å²) in [5, 5.41) is 0. The molecule has 0 fully saturated rings. The van der Waals surface area contributed by atoms with Gasteiger partial charge in [0.15, 0.2) is 0 Å². The fourth-order valence-electron chi connectivity index (χ4n) is 2.85. The Kier molecular flexibility index (Phi) is 18.2. The highest BCUT2D eigenvalue weighted by Crippen LogP contribution is 2.17. The van der Waals surface area contributed by atoms with Crippen molar-refractivity contribution in [2.24, 2.45) is 0 Å². The number of hydrogen-bond donors (Lipinski definition) is 0. The van der Waals surface area contributed by atoms with Crippen molar-refractivity contribution < 1.29 is 4.74 Å². The number of rotatable bonds is 17. The van der Waals surface area contributed by atoms with Gasteiger partial charge in [-0.05, 0) is 32.1 Å². The molecule has 0 unspecified atom stereocenters. The highest BCUT2D eigenvalue weighted by atomic mass is 16.5. The van der Waals surface area contributed by atoms with Crippen molar-refractivity contribution >= 4 is 0 Å². The van der Waals surface area contributed by atoms with Crippen LogP contribution >= 0.6 is 0 Å². The summed E-state index contributed by atoms with van der Waals surface area (Å²) in [6.45, 7) is 6.73. The SMILES string of the molecule is CCC=COC(CCCCCCCC)CCCCCCCC. The van der Waals surface area contributed by atoms with E-state index in [4.69, 9.17) is 4.74 Å². The van der Waals surface area contributed by atoms with Crippen LogP contribution in [0.15, 0.2) is 12.3 Å². The highest BCUT2D eigenvalue weighted by Gasteiger charge is 2.08. The molecular formula is C21H42O. The molecule has 0 aromatic rings. The zero-order valence-electron chi connectivity index (χ0n) is 15.7. The molecule has 1 heteroatoms. The minimum Gasteiger partial charge on any atom is -0.498 e. The number of unbranched alkanes of at least 4 members (excludes halogenated alkanes) is 10. The molecule has 0 aromatic heterocycles. The molecule has 0 aliphatic rings. The lowest BCUT2D eigenvalue weighted by atomic mass is 10.0. The number of hydrogen-bond acceptors (Lipinski definition) is 1. The van der Waals surface area contributed by atoms with Gasteiger partial charge in [0.25, 0.3) is 0 Å². The van der Waals surface area contributed by atoms with Crippen molar-refractivity contribution in [1.29, 1.82) is 0 Å². The fraction of sp³-hybridized carbons (Fsp3) is 0.905. The van der Waals surface area contributed by atoms with Gasteiger partial charge in [-0.25, -0.2) is 0 Å². The normalized spacial score (nSPS) is 11.6. The molecule has 0 bridgehead atoms. The van der Waals surface area contributed by atoms with Crippen molar-refractivity contribution in [3.8, 4) is 0 Å². The van der Waals surface area contributed by atoms with Gasteiger partial charge < -0.3 is 4.74 Å². The lowest BCUT2D eigenvalue weighted by Crippen LogP contribution is -2.09. The zero-order chi connectivity index (χ0) is 16.3. The van der Waals surface area contributed by atoms with Gasteiger partial charge in [0.2, 0.25) is 0 Å². The van der Waals surface area contributed by atoms with Crippen molar-refractivity contribution in [2.75, 3.05) is 0 Å². The topological polar surface area (TPSA) is 9.23 Å². The van der Waals surface area contributed by atoms with Gasteiger partial charge in [-0.15, -0.1) is 0 Å². The van der Waals surface area contributed by atoms with E-state index in [1.807, 2.05) is 6.26 Å². The van der Waals surface area contributed by atoms with Gasteiger partial charge in [-0.1, -0.05) is 91.1 Å². The van der Waals surface area contributed by atoms with E-state index in [-0.39, 0.29) is 0 Å². The molecule has 0 saturated heterocycles. The number of ether oxygens (including phenoxy) is 1. The van der Waals surface area contributed by atoms with E-state index in [1.54, 1.807) is 0 Å². The van der Waals surface area contributed by atoms with Crippen LogP contribution in [-0.2, 0) is 4.74 Å². The smallest absolute Gasteiger partial charge is 0.0978 e. The second-order valence-corrected chi connectivity index (χ2v) is 6.65. The molecular weight excluding hydrogens is 268 g/mol. The van der Waals surface area contributed by atoms with Crippen LogP contribution in [0.2, 0.25) is 0 Å². The molecule has 0 radical (unpaired) electrons. The highest BCUT2D eigenvalue weighted by molar-refractivity contribution is 4.73. The van der Waals surface area contributed by atoms with Crippen molar-refractivity contribution in [3.63, 3.8) is 0 Å². The molecule has 0 N–H and O–H groups in total. The lowest BCUT2D eigenvalue weighted by molar-refractivity contribution is 0.120. The number of allylic oxidation sites excluding steroid dienone is 1. The first-order valence-electron chi connectivity index (χ1n) is 10.2. The van der Waals surface area contributed by atoms with Crippen molar-refractivity contribution in [2.45, 2.75) is 123 Å². The maximum absolute atomic E-state index is 5.96.